The number of hydrogen-bond donors (Lipinski definition) is 0. The first-order chi connectivity index (χ1) is 9.72. The zero-order valence-electron chi connectivity index (χ0n) is 11.9. The van der Waals surface area contributed by atoms with E-state index in [1.807, 2.05) is 24.3 Å². The summed E-state index contributed by atoms with van der Waals surface area (Å²) in [6, 6.07) is 5.66. The molecule has 0 unspecified atom stereocenters. The molecule has 0 aromatic heterocycles. The molecule has 1 aromatic carbocycles. The quantitative estimate of drug-likeness (QED) is 0.792. The van der Waals surface area contributed by atoms with E-state index >= 15 is 0 Å². The van der Waals surface area contributed by atoms with Gasteiger partial charge in [-0.15, -0.1) is 0 Å². The molecule has 4 nitrogen and oxygen atoms in total. The Labute approximate surface area is 119 Å². The lowest BCUT2D eigenvalue weighted by atomic mass is 9.84. The second kappa shape index (κ2) is 5.19. The molecule has 20 heavy (non-hydrogen) atoms. The van der Waals surface area contributed by atoms with Gasteiger partial charge in [0.25, 0.3) is 0 Å². The molecule has 1 aromatic rings. The van der Waals surface area contributed by atoms with Gasteiger partial charge >= 0.3 is 0 Å². The third-order valence-electron chi connectivity index (χ3n) is 4.19. The normalized spacial score (nSPS) is 20.6. The fraction of sp³-hybridized carbons (Fsp3) is 0.438. The van der Waals surface area contributed by atoms with E-state index < -0.39 is 0 Å². The number of nitrogens with zero attached hydrogens (tertiary/aromatic N) is 1. The van der Waals surface area contributed by atoms with Crippen molar-refractivity contribution in [3.63, 3.8) is 0 Å². The Bertz CT molecular complexity index is 557. The number of carbonyl (C=O) groups is 1. The van der Waals surface area contributed by atoms with E-state index in [0.717, 1.165) is 48.7 Å². The summed E-state index contributed by atoms with van der Waals surface area (Å²) in [4.78, 5) is 14.5. The summed E-state index contributed by atoms with van der Waals surface area (Å²) in [6.07, 6.45) is 3.94. The van der Waals surface area contributed by atoms with Crippen LogP contribution in [-0.2, 0) is 4.79 Å². The van der Waals surface area contributed by atoms with Crippen LogP contribution in [0, 0.1) is 5.92 Å². The van der Waals surface area contributed by atoms with E-state index in [4.69, 9.17) is 9.47 Å². The van der Waals surface area contributed by atoms with Crippen LogP contribution in [0.25, 0.3) is 6.08 Å². The maximum atomic E-state index is 12.3. The second-order valence-electron chi connectivity index (χ2n) is 5.26. The molecule has 0 atom stereocenters. The van der Waals surface area contributed by atoms with Crippen molar-refractivity contribution in [1.82, 2.24) is 4.90 Å². The molecule has 0 amide bonds. The van der Waals surface area contributed by atoms with Gasteiger partial charge in [0.2, 0.25) is 0 Å². The molecule has 4 heteroatoms. The standard InChI is InChI=1S/C16H19NO3/c1-19-13-4-3-12(15(10-13)20-2)9-14-16(18)11-5-7-17(14)8-6-11/h3-4,9-11H,5-8H2,1-2H3. The Morgan fingerprint density at radius 1 is 1.20 bits per heavy atom. The fourth-order valence-corrected chi connectivity index (χ4v) is 2.99. The number of benzene rings is 1. The highest BCUT2D eigenvalue weighted by molar-refractivity contribution is 6.02. The van der Waals surface area contributed by atoms with Crippen molar-refractivity contribution in [2.45, 2.75) is 12.8 Å². The maximum Gasteiger partial charge on any atom is 0.182 e. The molecule has 0 N–H and O–H groups in total. The summed E-state index contributed by atoms with van der Waals surface area (Å²) in [7, 11) is 3.26. The van der Waals surface area contributed by atoms with E-state index in [1.165, 1.54) is 0 Å². The van der Waals surface area contributed by atoms with E-state index in [-0.39, 0.29) is 11.7 Å². The highest BCUT2D eigenvalue weighted by atomic mass is 16.5. The van der Waals surface area contributed by atoms with Crippen LogP contribution in [-0.4, -0.2) is 38.0 Å². The molecule has 0 radical (unpaired) electrons. The van der Waals surface area contributed by atoms with Gasteiger partial charge in [-0.3, -0.25) is 4.79 Å². The lowest BCUT2D eigenvalue weighted by Crippen LogP contribution is -2.45. The molecule has 3 aliphatic rings. The molecule has 0 spiro atoms. The van der Waals surface area contributed by atoms with Crippen molar-refractivity contribution in [3.05, 3.63) is 29.5 Å². The topological polar surface area (TPSA) is 38.8 Å². The predicted octanol–water partition coefficient (Wildman–Crippen LogP) is 2.34. The van der Waals surface area contributed by atoms with Gasteiger partial charge in [-0.05, 0) is 31.1 Å². The van der Waals surface area contributed by atoms with Crippen LogP contribution in [0.3, 0.4) is 0 Å². The summed E-state index contributed by atoms with van der Waals surface area (Å²) < 4.78 is 10.6. The Hall–Kier alpha value is -1.97. The SMILES string of the molecule is COc1ccc(C=C2C(=O)C3CCN2CC3)c(OC)c1. The number of allylic oxidation sites excluding steroid dienone is 1. The van der Waals surface area contributed by atoms with Crippen molar-refractivity contribution >= 4 is 11.9 Å². The summed E-state index contributed by atoms with van der Waals surface area (Å²) in [6.45, 7) is 1.97. The van der Waals surface area contributed by atoms with Crippen molar-refractivity contribution in [2.24, 2.45) is 5.92 Å². The fourth-order valence-electron chi connectivity index (χ4n) is 2.99. The van der Waals surface area contributed by atoms with E-state index in [1.54, 1.807) is 14.2 Å². The number of carbonyl (C=O) groups excluding carboxylic acids is 1. The number of methoxy groups -OCH3 is 2. The summed E-state index contributed by atoms with van der Waals surface area (Å²) in [5.74, 6) is 1.98. The lowest BCUT2D eigenvalue weighted by Gasteiger charge is -2.41. The average molecular weight is 273 g/mol. The second-order valence-corrected chi connectivity index (χ2v) is 5.26. The Morgan fingerprint density at radius 2 is 1.95 bits per heavy atom. The molecule has 2 bridgehead atoms. The third-order valence-corrected chi connectivity index (χ3v) is 4.19. The monoisotopic (exact) mass is 273 g/mol. The van der Waals surface area contributed by atoms with Crippen molar-refractivity contribution in [3.8, 4) is 11.5 Å². The first kappa shape index (κ1) is 13.0. The largest absolute Gasteiger partial charge is 0.497 e. The molecule has 4 rings (SSSR count). The molecule has 0 aliphatic carbocycles. The number of ketones is 1. The van der Waals surface area contributed by atoms with Crippen LogP contribution in [0.15, 0.2) is 23.9 Å². The van der Waals surface area contributed by atoms with Gasteiger partial charge < -0.3 is 14.4 Å². The van der Waals surface area contributed by atoms with E-state index in [9.17, 15) is 4.79 Å². The minimum atomic E-state index is 0.218. The number of rotatable bonds is 3. The average Bonchev–Trinajstić information content (AvgIpc) is 2.51. The van der Waals surface area contributed by atoms with Crippen LogP contribution < -0.4 is 9.47 Å². The molecule has 3 fully saturated rings. The smallest absolute Gasteiger partial charge is 0.182 e. The first-order valence-corrected chi connectivity index (χ1v) is 6.96. The molecular formula is C16H19NO3. The van der Waals surface area contributed by atoms with Gasteiger partial charge in [0.15, 0.2) is 5.78 Å². The van der Waals surface area contributed by atoms with Crippen LogP contribution in [0.1, 0.15) is 18.4 Å². The molecule has 3 aliphatic heterocycles. The summed E-state index contributed by atoms with van der Waals surface area (Å²) in [5, 5.41) is 0. The van der Waals surface area contributed by atoms with Crippen LogP contribution in [0.4, 0.5) is 0 Å². The van der Waals surface area contributed by atoms with Gasteiger partial charge in [0, 0.05) is 30.6 Å². The number of ether oxygens (including phenoxy) is 2. The molecular weight excluding hydrogens is 254 g/mol. The summed E-state index contributed by atoms with van der Waals surface area (Å²) in [5.41, 5.74) is 1.75. The number of fused-ring (bicyclic) bond motifs is 3. The molecule has 106 valence electrons. The predicted molar refractivity (Wildman–Crippen MR) is 76.8 cm³/mol. The summed E-state index contributed by atoms with van der Waals surface area (Å²) >= 11 is 0. The van der Waals surface area contributed by atoms with E-state index in [0.29, 0.717) is 0 Å². The minimum absolute atomic E-state index is 0.218. The molecule has 3 saturated heterocycles. The molecule has 0 saturated carbocycles. The number of hydrogen-bond acceptors (Lipinski definition) is 4. The Balaban J connectivity index is 1.97. The van der Waals surface area contributed by atoms with Gasteiger partial charge in [-0.2, -0.15) is 0 Å². The van der Waals surface area contributed by atoms with Crippen molar-refractivity contribution in [2.75, 3.05) is 27.3 Å². The first-order valence-electron chi connectivity index (χ1n) is 6.96. The Morgan fingerprint density at radius 3 is 2.55 bits per heavy atom. The highest BCUT2D eigenvalue weighted by Crippen LogP contribution is 2.34. The lowest BCUT2D eigenvalue weighted by molar-refractivity contribution is -0.125. The minimum Gasteiger partial charge on any atom is -0.497 e. The highest BCUT2D eigenvalue weighted by Gasteiger charge is 2.36. The van der Waals surface area contributed by atoms with Crippen molar-refractivity contribution in [1.29, 1.82) is 0 Å². The zero-order valence-corrected chi connectivity index (χ0v) is 11.9. The van der Waals surface area contributed by atoms with Crippen LogP contribution in [0.2, 0.25) is 0 Å². The van der Waals surface area contributed by atoms with Crippen LogP contribution >= 0.6 is 0 Å². The van der Waals surface area contributed by atoms with Crippen molar-refractivity contribution < 1.29 is 14.3 Å². The zero-order chi connectivity index (χ0) is 14.1. The van der Waals surface area contributed by atoms with Gasteiger partial charge in [0.05, 0.1) is 19.9 Å². The number of Topliss-reactive ketones (excluding diaryl/α,β-unsaturated/α-hetero) is 1. The molecule has 3 heterocycles. The maximum absolute atomic E-state index is 12.3. The number of piperidine rings is 3. The van der Waals surface area contributed by atoms with Gasteiger partial charge in [-0.25, -0.2) is 0 Å². The Kier molecular flexibility index (Phi) is 3.38. The van der Waals surface area contributed by atoms with Gasteiger partial charge in [-0.1, -0.05) is 0 Å². The third kappa shape index (κ3) is 2.15. The van der Waals surface area contributed by atoms with Crippen LogP contribution in [0.5, 0.6) is 11.5 Å². The van der Waals surface area contributed by atoms with Gasteiger partial charge in [0.1, 0.15) is 11.5 Å². The van der Waals surface area contributed by atoms with E-state index in [2.05, 4.69) is 4.90 Å².